The second-order valence-electron chi connectivity index (χ2n) is 6.39. The Bertz CT molecular complexity index is 679. The largest absolute Gasteiger partial charge is 0.340 e. The summed E-state index contributed by atoms with van der Waals surface area (Å²) < 4.78 is 0. The van der Waals surface area contributed by atoms with Gasteiger partial charge in [-0.2, -0.15) is 0 Å². The lowest BCUT2D eigenvalue weighted by Crippen LogP contribution is -2.51. The average molecular weight is 365 g/mol. The van der Waals surface area contributed by atoms with Crippen LogP contribution in [0.1, 0.15) is 19.8 Å². The number of rotatable bonds is 4. The molecule has 0 bridgehead atoms. The van der Waals surface area contributed by atoms with Crippen LogP contribution >= 0.6 is 11.6 Å². The Kier molecular flexibility index (Phi) is 5.24. The number of anilines is 1. The van der Waals surface area contributed by atoms with E-state index in [1.807, 2.05) is 6.92 Å². The molecule has 2 fully saturated rings. The number of carbonyl (C=O) groups excluding carboxylic acids is 3. The van der Waals surface area contributed by atoms with Gasteiger partial charge in [0, 0.05) is 37.1 Å². The molecule has 3 rings (SSSR count). The topological polar surface area (TPSA) is 81.8 Å². The van der Waals surface area contributed by atoms with Crippen molar-refractivity contribution in [3.05, 3.63) is 29.3 Å². The first-order valence-electron chi connectivity index (χ1n) is 8.37. The highest BCUT2D eigenvalue weighted by molar-refractivity contribution is 6.30. The highest BCUT2D eigenvalue weighted by atomic mass is 35.5. The number of carbonyl (C=O) groups is 3. The van der Waals surface area contributed by atoms with Crippen LogP contribution in [0.5, 0.6) is 0 Å². The quantitative estimate of drug-likeness (QED) is 0.790. The van der Waals surface area contributed by atoms with Crippen LogP contribution in [0.2, 0.25) is 5.02 Å². The number of hydrogen-bond acceptors (Lipinski definition) is 4. The van der Waals surface area contributed by atoms with Crippen LogP contribution in [0.4, 0.5) is 10.5 Å². The third-order valence-corrected chi connectivity index (χ3v) is 4.72. The van der Waals surface area contributed by atoms with E-state index in [0.29, 0.717) is 30.2 Å². The maximum Gasteiger partial charge on any atom is 0.329 e. The highest BCUT2D eigenvalue weighted by Crippen LogP contribution is 2.23. The van der Waals surface area contributed by atoms with Gasteiger partial charge in [-0.1, -0.05) is 11.6 Å². The van der Waals surface area contributed by atoms with Gasteiger partial charge in [0.25, 0.3) is 5.91 Å². The second-order valence-corrected chi connectivity index (χ2v) is 6.82. The summed E-state index contributed by atoms with van der Waals surface area (Å²) in [5, 5.41) is 6.47. The van der Waals surface area contributed by atoms with Crippen LogP contribution in [0.25, 0.3) is 0 Å². The molecule has 0 radical (unpaired) electrons. The summed E-state index contributed by atoms with van der Waals surface area (Å²) in [6, 6.07) is 5.61. The maximum absolute atomic E-state index is 12.5. The number of halogens is 1. The van der Waals surface area contributed by atoms with Crippen molar-refractivity contribution in [2.24, 2.45) is 0 Å². The third kappa shape index (κ3) is 3.93. The molecule has 2 unspecified atom stereocenters. The fourth-order valence-corrected chi connectivity index (χ4v) is 3.27. The molecule has 0 spiro atoms. The summed E-state index contributed by atoms with van der Waals surface area (Å²) in [7, 11) is 0. The monoisotopic (exact) mass is 364 g/mol. The van der Waals surface area contributed by atoms with E-state index in [0.717, 1.165) is 11.4 Å². The van der Waals surface area contributed by atoms with Crippen LogP contribution in [-0.2, 0) is 9.59 Å². The van der Waals surface area contributed by atoms with E-state index in [9.17, 15) is 14.4 Å². The van der Waals surface area contributed by atoms with Gasteiger partial charge in [-0.25, -0.2) is 9.69 Å². The Hall–Kier alpha value is -2.12. The molecule has 2 atom stereocenters. The highest BCUT2D eigenvalue weighted by Gasteiger charge is 2.39. The predicted molar refractivity (Wildman–Crippen MR) is 94.5 cm³/mol. The first-order valence-corrected chi connectivity index (χ1v) is 8.74. The van der Waals surface area contributed by atoms with Crippen molar-refractivity contribution in [1.29, 1.82) is 0 Å². The zero-order chi connectivity index (χ0) is 18.0. The van der Waals surface area contributed by atoms with Gasteiger partial charge in [0.15, 0.2) is 0 Å². The van der Waals surface area contributed by atoms with Gasteiger partial charge in [-0.15, -0.1) is 0 Å². The van der Waals surface area contributed by atoms with Crippen LogP contribution in [-0.4, -0.2) is 54.5 Å². The Balaban J connectivity index is 1.58. The van der Waals surface area contributed by atoms with E-state index in [2.05, 4.69) is 10.6 Å². The lowest BCUT2D eigenvalue weighted by Gasteiger charge is -2.32. The lowest BCUT2D eigenvalue weighted by molar-refractivity contribution is -0.132. The number of benzene rings is 1. The molecule has 7 nitrogen and oxygen atoms in total. The molecule has 2 aliphatic heterocycles. The number of piperazine rings is 1. The van der Waals surface area contributed by atoms with Crippen molar-refractivity contribution in [2.75, 3.05) is 24.5 Å². The molecule has 1 aromatic carbocycles. The number of imide groups is 1. The summed E-state index contributed by atoms with van der Waals surface area (Å²) in [5.74, 6) is -0.325. The molecule has 134 valence electrons. The van der Waals surface area contributed by atoms with Crippen LogP contribution in [0, 0.1) is 0 Å². The minimum Gasteiger partial charge on any atom is -0.340 e. The third-order valence-electron chi connectivity index (χ3n) is 4.47. The van der Waals surface area contributed by atoms with E-state index in [1.165, 1.54) is 0 Å². The van der Waals surface area contributed by atoms with Crippen LogP contribution in [0.3, 0.4) is 0 Å². The summed E-state index contributed by atoms with van der Waals surface area (Å²) in [4.78, 5) is 39.9. The fraction of sp³-hybridized carbons (Fsp3) is 0.471. The zero-order valence-corrected chi connectivity index (χ0v) is 14.8. The molecular weight excluding hydrogens is 344 g/mol. The van der Waals surface area contributed by atoms with E-state index in [1.54, 1.807) is 29.2 Å². The summed E-state index contributed by atoms with van der Waals surface area (Å²) in [6.45, 7) is 4.15. The number of urea groups is 1. The first kappa shape index (κ1) is 17.7. The van der Waals surface area contributed by atoms with Crippen molar-refractivity contribution in [3.63, 3.8) is 0 Å². The summed E-state index contributed by atoms with van der Waals surface area (Å²) in [5.41, 5.74) is 0.469. The molecular formula is C17H21ClN4O3. The molecule has 25 heavy (non-hydrogen) atoms. The lowest BCUT2D eigenvalue weighted by atomic mass is 10.1. The smallest absolute Gasteiger partial charge is 0.329 e. The Morgan fingerprint density at radius 1 is 1.28 bits per heavy atom. The Labute approximate surface area is 151 Å². The van der Waals surface area contributed by atoms with Crippen molar-refractivity contribution in [3.8, 4) is 0 Å². The van der Waals surface area contributed by atoms with E-state index in [-0.39, 0.29) is 24.3 Å². The van der Waals surface area contributed by atoms with Gasteiger partial charge < -0.3 is 15.5 Å². The number of nitrogens with one attached hydrogen (secondary N) is 2. The fourth-order valence-electron chi connectivity index (χ4n) is 3.15. The Morgan fingerprint density at radius 2 is 2.00 bits per heavy atom. The summed E-state index contributed by atoms with van der Waals surface area (Å²) >= 11 is 5.84. The molecule has 2 saturated heterocycles. The standard InChI is InChI=1S/C17H21ClN4O3/c1-11-10-21(9-8-19-11)15(23)7-6-14-16(24)22(17(25)20-14)13-4-2-12(18)3-5-13/h2-5,11,14,19H,6-10H2,1H3,(H,20,25). The molecule has 0 aliphatic carbocycles. The number of amides is 4. The van der Waals surface area contributed by atoms with E-state index < -0.39 is 12.1 Å². The Morgan fingerprint density at radius 3 is 2.68 bits per heavy atom. The average Bonchev–Trinajstić information content (AvgIpc) is 2.87. The van der Waals surface area contributed by atoms with Gasteiger partial charge in [-0.3, -0.25) is 9.59 Å². The molecule has 2 heterocycles. The van der Waals surface area contributed by atoms with Crippen molar-refractivity contribution in [1.82, 2.24) is 15.5 Å². The zero-order valence-electron chi connectivity index (χ0n) is 14.0. The molecule has 1 aromatic rings. The molecule has 2 N–H and O–H groups in total. The van der Waals surface area contributed by atoms with E-state index >= 15 is 0 Å². The normalized spacial score (nSPS) is 23.8. The minimum atomic E-state index is -0.674. The SMILES string of the molecule is CC1CN(C(=O)CCC2NC(=O)N(c3ccc(Cl)cc3)C2=O)CCN1. The van der Waals surface area contributed by atoms with Crippen molar-refractivity contribution < 1.29 is 14.4 Å². The van der Waals surface area contributed by atoms with Crippen molar-refractivity contribution >= 4 is 35.1 Å². The maximum atomic E-state index is 12.5. The molecule has 8 heteroatoms. The van der Waals surface area contributed by atoms with Crippen LogP contribution in [0.15, 0.2) is 24.3 Å². The van der Waals surface area contributed by atoms with Crippen molar-refractivity contribution in [2.45, 2.75) is 31.8 Å². The second kappa shape index (κ2) is 7.41. The van der Waals surface area contributed by atoms with Gasteiger partial charge in [0.05, 0.1) is 5.69 Å². The number of nitrogens with zero attached hydrogens (tertiary/aromatic N) is 2. The molecule has 4 amide bonds. The molecule has 0 aromatic heterocycles. The van der Waals surface area contributed by atoms with Gasteiger partial charge >= 0.3 is 6.03 Å². The van der Waals surface area contributed by atoms with E-state index in [4.69, 9.17) is 11.6 Å². The van der Waals surface area contributed by atoms with Crippen LogP contribution < -0.4 is 15.5 Å². The molecule has 0 saturated carbocycles. The van der Waals surface area contributed by atoms with Gasteiger partial charge in [0.2, 0.25) is 5.91 Å². The first-order chi connectivity index (χ1) is 12.0. The minimum absolute atomic E-state index is 0.0142. The number of hydrogen-bond donors (Lipinski definition) is 2. The van der Waals surface area contributed by atoms with Gasteiger partial charge in [0.1, 0.15) is 6.04 Å². The summed E-state index contributed by atoms with van der Waals surface area (Å²) in [6.07, 6.45) is 0.531. The predicted octanol–water partition coefficient (Wildman–Crippen LogP) is 1.37. The molecule has 2 aliphatic rings. The van der Waals surface area contributed by atoms with Gasteiger partial charge in [-0.05, 0) is 37.6 Å².